The lowest BCUT2D eigenvalue weighted by atomic mass is 10.2. The number of ether oxygens (including phenoxy) is 1. The summed E-state index contributed by atoms with van der Waals surface area (Å²) in [6.07, 6.45) is 2.37. The van der Waals surface area contributed by atoms with Crippen LogP contribution < -0.4 is 5.32 Å². The second-order valence-corrected chi connectivity index (χ2v) is 5.34. The third-order valence-electron chi connectivity index (χ3n) is 2.84. The largest absolute Gasteiger partial charge is 0.377 e. The number of amides is 1. The lowest BCUT2D eigenvalue weighted by Crippen LogP contribution is -2.26. The van der Waals surface area contributed by atoms with Crippen molar-refractivity contribution in [2.75, 3.05) is 13.2 Å². The van der Waals surface area contributed by atoms with E-state index in [1.54, 1.807) is 18.3 Å². The Kier molecular flexibility index (Phi) is 6.37. The van der Waals surface area contributed by atoms with E-state index in [4.69, 9.17) is 4.74 Å². The number of nitrogens with zero attached hydrogens (tertiary/aromatic N) is 1. The summed E-state index contributed by atoms with van der Waals surface area (Å²) in [5.41, 5.74) is 1.56. The maximum atomic E-state index is 11.9. The zero-order valence-electron chi connectivity index (χ0n) is 11.6. The first-order valence-electron chi connectivity index (χ1n) is 6.78. The minimum absolute atomic E-state index is 0.175. The Morgan fingerprint density at radius 3 is 2.76 bits per heavy atom. The van der Waals surface area contributed by atoms with E-state index in [0.717, 1.165) is 12.0 Å². The monoisotopic (exact) mass is 348 g/mol. The second-order valence-electron chi connectivity index (χ2n) is 4.48. The van der Waals surface area contributed by atoms with Gasteiger partial charge in [0.15, 0.2) is 0 Å². The molecule has 0 aliphatic rings. The number of hydrogen-bond donors (Lipinski definition) is 1. The highest BCUT2D eigenvalue weighted by atomic mass is 79.9. The number of pyridine rings is 1. The van der Waals surface area contributed by atoms with E-state index in [2.05, 4.69) is 26.2 Å². The highest BCUT2D eigenvalue weighted by Gasteiger charge is 2.09. The molecule has 5 heteroatoms. The maximum Gasteiger partial charge on any atom is 0.271 e. The maximum absolute atomic E-state index is 11.9. The van der Waals surface area contributed by atoms with Crippen LogP contribution in [0.1, 0.15) is 22.5 Å². The first-order valence-corrected chi connectivity index (χ1v) is 7.57. The number of hydrogen-bond acceptors (Lipinski definition) is 3. The van der Waals surface area contributed by atoms with Crippen molar-refractivity contribution >= 4 is 21.8 Å². The number of aromatic nitrogens is 1. The Morgan fingerprint density at radius 1 is 1.19 bits per heavy atom. The lowest BCUT2D eigenvalue weighted by molar-refractivity contribution is 0.0929. The molecular weight excluding hydrogens is 332 g/mol. The van der Waals surface area contributed by atoms with Crippen molar-refractivity contribution in [2.24, 2.45) is 0 Å². The van der Waals surface area contributed by atoms with Crippen LogP contribution in [0.5, 0.6) is 0 Å². The van der Waals surface area contributed by atoms with Crippen LogP contribution in [0.25, 0.3) is 0 Å². The number of rotatable bonds is 7. The number of halogens is 1. The van der Waals surface area contributed by atoms with Gasteiger partial charge in [0.25, 0.3) is 5.91 Å². The van der Waals surface area contributed by atoms with Crippen molar-refractivity contribution in [1.82, 2.24) is 10.3 Å². The molecule has 0 aliphatic carbocycles. The van der Waals surface area contributed by atoms with Crippen LogP contribution in [0, 0.1) is 0 Å². The van der Waals surface area contributed by atoms with E-state index in [-0.39, 0.29) is 5.91 Å². The van der Waals surface area contributed by atoms with Gasteiger partial charge in [-0.15, -0.1) is 0 Å². The van der Waals surface area contributed by atoms with Crippen molar-refractivity contribution in [2.45, 2.75) is 13.0 Å². The van der Waals surface area contributed by atoms with Crippen molar-refractivity contribution in [3.8, 4) is 0 Å². The van der Waals surface area contributed by atoms with Gasteiger partial charge in [-0.05, 0) is 40.0 Å². The van der Waals surface area contributed by atoms with E-state index >= 15 is 0 Å². The fourth-order valence-electron chi connectivity index (χ4n) is 1.78. The molecule has 0 unspecified atom stereocenters. The molecule has 0 saturated carbocycles. The first kappa shape index (κ1) is 15.7. The van der Waals surface area contributed by atoms with Crippen LogP contribution in [0.2, 0.25) is 0 Å². The molecule has 0 bridgehead atoms. The van der Waals surface area contributed by atoms with Crippen molar-refractivity contribution in [3.05, 3.63) is 64.4 Å². The fourth-order valence-corrected chi connectivity index (χ4v) is 2.21. The molecule has 0 spiro atoms. The van der Waals surface area contributed by atoms with Gasteiger partial charge in [-0.2, -0.15) is 0 Å². The van der Waals surface area contributed by atoms with Gasteiger partial charge >= 0.3 is 0 Å². The van der Waals surface area contributed by atoms with Crippen LogP contribution >= 0.6 is 15.9 Å². The van der Waals surface area contributed by atoms with E-state index in [9.17, 15) is 4.79 Å². The number of nitrogens with one attached hydrogen (secondary N) is 1. The van der Waals surface area contributed by atoms with Gasteiger partial charge < -0.3 is 10.1 Å². The predicted molar refractivity (Wildman–Crippen MR) is 85.0 cm³/mol. The zero-order chi connectivity index (χ0) is 14.9. The summed E-state index contributed by atoms with van der Waals surface area (Å²) in [5, 5.41) is 2.83. The second kappa shape index (κ2) is 8.54. The molecule has 0 fully saturated rings. The van der Waals surface area contributed by atoms with E-state index in [1.165, 1.54) is 0 Å². The highest BCUT2D eigenvalue weighted by molar-refractivity contribution is 9.10. The Morgan fingerprint density at radius 2 is 2.00 bits per heavy atom. The average molecular weight is 349 g/mol. The normalized spacial score (nSPS) is 10.3. The molecule has 110 valence electrons. The Bertz CT molecular complexity index is 575. The van der Waals surface area contributed by atoms with Gasteiger partial charge in [0.05, 0.1) is 6.61 Å². The van der Waals surface area contributed by atoms with Crippen LogP contribution in [-0.4, -0.2) is 24.0 Å². The SMILES string of the molecule is O=C(NCCCOCc1ccccc1)c1ncccc1Br. The molecule has 0 aliphatic heterocycles. The molecule has 1 N–H and O–H groups in total. The summed E-state index contributed by atoms with van der Waals surface area (Å²) in [6.45, 7) is 1.77. The molecule has 21 heavy (non-hydrogen) atoms. The Balaban J connectivity index is 1.62. The number of carbonyl (C=O) groups excluding carboxylic acids is 1. The molecule has 1 amide bonds. The fraction of sp³-hybridized carbons (Fsp3) is 0.250. The summed E-state index contributed by atoms with van der Waals surface area (Å²) in [5.74, 6) is -0.175. The number of carbonyl (C=O) groups is 1. The van der Waals surface area contributed by atoms with Crippen LogP contribution in [0.4, 0.5) is 0 Å². The Hall–Kier alpha value is -1.72. The van der Waals surface area contributed by atoms with E-state index < -0.39 is 0 Å². The quantitative estimate of drug-likeness (QED) is 0.781. The number of benzene rings is 1. The third kappa shape index (κ3) is 5.28. The minimum Gasteiger partial charge on any atom is -0.377 e. The van der Waals surface area contributed by atoms with Gasteiger partial charge in [0, 0.05) is 23.8 Å². The van der Waals surface area contributed by atoms with E-state index in [1.807, 2.05) is 30.3 Å². The van der Waals surface area contributed by atoms with Gasteiger partial charge in [-0.1, -0.05) is 30.3 Å². The zero-order valence-corrected chi connectivity index (χ0v) is 13.2. The standard InChI is InChI=1S/C16H17BrN2O2/c17-14-8-4-9-18-15(14)16(20)19-10-5-11-21-12-13-6-2-1-3-7-13/h1-4,6-9H,5,10-12H2,(H,19,20). The van der Waals surface area contributed by atoms with Crippen molar-refractivity contribution < 1.29 is 9.53 Å². The van der Waals surface area contributed by atoms with Crippen LogP contribution in [0.15, 0.2) is 53.1 Å². The van der Waals surface area contributed by atoms with Gasteiger partial charge in [0.2, 0.25) is 0 Å². The first-order chi connectivity index (χ1) is 10.3. The molecule has 1 heterocycles. The van der Waals surface area contributed by atoms with E-state index in [0.29, 0.717) is 29.9 Å². The highest BCUT2D eigenvalue weighted by Crippen LogP contribution is 2.12. The third-order valence-corrected chi connectivity index (χ3v) is 3.48. The molecule has 2 aromatic rings. The summed E-state index contributed by atoms with van der Waals surface area (Å²) in [4.78, 5) is 15.9. The van der Waals surface area contributed by atoms with Crippen LogP contribution in [0.3, 0.4) is 0 Å². The molecular formula is C16H17BrN2O2. The van der Waals surface area contributed by atoms with Gasteiger partial charge in [-0.3, -0.25) is 4.79 Å². The molecule has 0 atom stereocenters. The molecule has 2 rings (SSSR count). The Labute approximate surface area is 132 Å². The molecule has 0 radical (unpaired) electrons. The molecule has 1 aromatic carbocycles. The summed E-state index contributed by atoms with van der Waals surface area (Å²) < 4.78 is 6.25. The predicted octanol–water partition coefficient (Wildman–Crippen LogP) is 3.18. The summed E-state index contributed by atoms with van der Waals surface area (Å²) >= 11 is 3.31. The van der Waals surface area contributed by atoms with Crippen molar-refractivity contribution in [3.63, 3.8) is 0 Å². The average Bonchev–Trinajstić information content (AvgIpc) is 2.52. The molecule has 1 aromatic heterocycles. The topological polar surface area (TPSA) is 51.2 Å². The summed E-state index contributed by atoms with van der Waals surface area (Å²) in [7, 11) is 0. The van der Waals surface area contributed by atoms with Crippen molar-refractivity contribution in [1.29, 1.82) is 0 Å². The summed E-state index contributed by atoms with van der Waals surface area (Å²) in [6, 6.07) is 13.6. The van der Waals surface area contributed by atoms with Gasteiger partial charge in [-0.25, -0.2) is 4.98 Å². The molecule has 4 nitrogen and oxygen atoms in total. The van der Waals surface area contributed by atoms with Gasteiger partial charge in [0.1, 0.15) is 5.69 Å². The smallest absolute Gasteiger partial charge is 0.271 e. The van der Waals surface area contributed by atoms with Crippen LogP contribution in [-0.2, 0) is 11.3 Å². The minimum atomic E-state index is -0.175. The lowest BCUT2D eigenvalue weighted by Gasteiger charge is -2.07. The molecule has 0 saturated heterocycles.